The highest BCUT2D eigenvalue weighted by Gasteiger charge is 2.75. The lowest BCUT2D eigenvalue weighted by Crippen LogP contribution is -2.21. The Morgan fingerprint density at radius 3 is 2.48 bits per heavy atom. The number of benzene rings is 2. The summed E-state index contributed by atoms with van der Waals surface area (Å²) in [5, 5.41) is 0. The third kappa shape index (κ3) is 1.72. The fourth-order valence-electron chi connectivity index (χ4n) is 3.40. The van der Waals surface area contributed by atoms with Crippen LogP contribution >= 0.6 is 23.2 Å². The van der Waals surface area contributed by atoms with Crippen LogP contribution in [0.1, 0.15) is 18.4 Å². The number of ether oxygens (including phenoxy) is 1. The van der Waals surface area contributed by atoms with Gasteiger partial charge in [-0.3, -0.25) is 0 Å². The number of nitrogens with zero attached hydrogens (tertiary/aromatic N) is 1. The summed E-state index contributed by atoms with van der Waals surface area (Å²) in [4.78, 5) is 2.08. The quantitative estimate of drug-likeness (QED) is 0.429. The molecule has 0 aliphatic carbocycles. The molecule has 0 radical (unpaired) electrons. The fourth-order valence-corrected chi connectivity index (χ4v) is 4.36. The van der Waals surface area contributed by atoms with Gasteiger partial charge in [-0.15, -0.1) is 0 Å². The summed E-state index contributed by atoms with van der Waals surface area (Å²) in [6, 6.07) is 18.2. The van der Waals surface area contributed by atoms with Crippen molar-refractivity contribution in [2.45, 2.75) is 22.8 Å². The molecule has 0 N–H and O–H groups in total. The molecule has 0 bridgehead atoms. The largest absolute Gasteiger partial charge is 0.491 e. The van der Waals surface area contributed by atoms with Crippen molar-refractivity contribution in [3.8, 4) is 5.75 Å². The standard InChI is InChI=1S/C17H15Cl2NO/c18-17(19)16(13-7-2-1-3-8-13)11-6-12-21-15-10-5-4-9-14(15)20(16)17/h1-5,7-10H,6,11-12H2. The van der Waals surface area contributed by atoms with Gasteiger partial charge in [-0.2, -0.15) is 0 Å². The van der Waals surface area contributed by atoms with E-state index in [-0.39, 0.29) is 5.54 Å². The summed E-state index contributed by atoms with van der Waals surface area (Å²) >= 11 is 13.4. The maximum atomic E-state index is 6.71. The zero-order chi connectivity index (χ0) is 14.5. The van der Waals surface area contributed by atoms with Crippen molar-refractivity contribution < 1.29 is 4.74 Å². The number of hydrogen-bond donors (Lipinski definition) is 0. The fraction of sp³-hybridized carbons (Fsp3) is 0.294. The van der Waals surface area contributed by atoms with E-state index in [1.807, 2.05) is 42.5 Å². The van der Waals surface area contributed by atoms with Crippen LogP contribution in [0.3, 0.4) is 0 Å². The molecule has 21 heavy (non-hydrogen) atoms. The van der Waals surface area contributed by atoms with Crippen LogP contribution in [0.5, 0.6) is 5.75 Å². The van der Waals surface area contributed by atoms with Gasteiger partial charge >= 0.3 is 0 Å². The lowest BCUT2D eigenvalue weighted by atomic mass is 9.93. The molecule has 2 aromatic rings. The average Bonchev–Trinajstić information content (AvgIpc) is 2.98. The van der Waals surface area contributed by atoms with Gasteiger partial charge in [0.05, 0.1) is 12.3 Å². The molecule has 2 aliphatic heterocycles. The van der Waals surface area contributed by atoms with Gasteiger partial charge < -0.3 is 9.64 Å². The van der Waals surface area contributed by atoms with Crippen LogP contribution < -0.4 is 9.64 Å². The van der Waals surface area contributed by atoms with Crippen molar-refractivity contribution in [3.05, 3.63) is 60.2 Å². The van der Waals surface area contributed by atoms with E-state index in [2.05, 4.69) is 17.0 Å². The van der Waals surface area contributed by atoms with Gasteiger partial charge in [-0.05, 0) is 30.5 Å². The lowest BCUT2D eigenvalue weighted by molar-refractivity contribution is 0.294. The molecule has 2 aliphatic rings. The van der Waals surface area contributed by atoms with E-state index in [4.69, 9.17) is 27.9 Å². The summed E-state index contributed by atoms with van der Waals surface area (Å²) in [6.07, 6.45) is 1.79. The van der Waals surface area contributed by atoms with Crippen LogP contribution in [-0.2, 0) is 5.54 Å². The van der Waals surface area contributed by atoms with Gasteiger partial charge in [0.2, 0.25) is 4.46 Å². The van der Waals surface area contributed by atoms with Crippen LogP contribution in [0, 0.1) is 0 Å². The normalized spacial score (nSPS) is 25.9. The molecule has 2 aromatic carbocycles. The molecule has 1 saturated heterocycles. The summed E-state index contributed by atoms with van der Waals surface area (Å²) in [5.41, 5.74) is 1.76. The van der Waals surface area contributed by atoms with Crippen molar-refractivity contribution in [1.29, 1.82) is 0 Å². The van der Waals surface area contributed by atoms with Crippen LogP contribution in [0.2, 0.25) is 0 Å². The second kappa shape index (κ2) is 4.56. The molecule has 0 aromatic heterocycles. The van der Waals surface area contributed by atoms with Gasteiger partial charge in [-0.1, -0.05) is 65.7 Å². The van der Waals surface area contributed by atoms with Crippen LogP contribution in [0.25, 0.3) is 0 Å². The van der Waals surface area contributed by atoms with Crippen molar-refractivity contribution in [3.63, 3.8) is 0 Å². The third-order valence-corrected chi connectivity index (χ3v) is 5.37. The monoisotopic (exact) mass is 319 g/mol. The van der Waals surface area contributed by atoms with E-state index < -0.39 is 4.46 Å². The van der Waals surface area contributed by atoms with Crippen molar-refractivity contribution in [2.24, 2.45) is 0 Å². The van der Waals surface area contributed by atoms with Gasteiger partial charge in [-0.25, -0.2) is 0 Å². The number of para-hydroxylation sites is 2. The third-order valence-electron chi connectivity index (χ3n) is 4.41. The Balaban J connectivity index is 1.89. The summed E-state index contributed by atoms with van der Waals surface area (Å²) in [7, 11) is 0. The first-order valence-electron chi connectivity index (χ1n) is 7.13. The zero-order valence-electron chi connectivity index (χ0n) is 11.4. The number of alkyl halides is 2. The predicted octanol–water partition coefficient (Wildman–Crippen LogP) is 4.71. The Hall–Kier alpha value is -1.38. The van der Waals surface area contributed by atoms with Crippen LogP contribution in [0.15, 0.2) is 54.6 Å². The molecule has 1 atom stereocenters. The predicted molar refractivity (Wildman–Crippen MR) is 86.2 cm³/mol. The smallest absolute Gasteiger partial charge is 0.219 e. The highest BCUT2D eigenvalue weighted by atomic mass is 35.5. The molecule has 1 fully saturated rings. The Bertz CT molecular complexity index is 674. The highest BCUT2D eigenvalue weighted by molar-refractivity contribution is 6.54. The molecule has 0 spiro atoms. The zero-order valence-corrected chi connectivity index (χ0v) is 12.9. The topological polar surface area (TPSA) is 12.2 Å². The Morgan fingerprint density at radius 1 is 0.952 bits per heavy atom. The minimum atomic E-state index is -0.932. The van der Waals surface area contributed by atoms with Gasteiger partial charge in [0.1, 0.15) is 11.3 Å². The second-order valence-electron chi connectivity index (χ2n) is 5.52. The molecule has 1 unspecified atom stereocenters. The molecule has 4 heteroatoms. The molecule has 108 valence electrons. The lowest BCUT2D eigenvalue weighted by Gasteiger charge is -2.22. The first kappa shape index (κ1) is 13.3. The molecule has 4 rings (SSSR count). The summed E-state index contributed by atoms with van der Waals surface area (Å²) < 4.78 is 4.91. The SMILES string of the molecule is ClC1(Cl)N2c3ccccc3OCCCC21c1ccccc1. The van der Waals surface area contributed by atoms with Gasteiger partial charge in [0, 0.05) is 0 Å². The van der Waals surface area contributed by atoms with E-state index in [0.29, 0.717) is 6.61 Å². The first-order valence-corrected chi connectivity index (χ1v) is 7.89. The molecular formula is C17H15Cl2NO. The van der Waals surface area contributed by atoms with Crippen molar-refractivity contribution in [1.82, 2.24) is 0 Å². The van der Waals surface area contributed by atoms with Crippen molar-refractivity contribution in [2.75, 3.05) is 11.5 Å². The van der Waals surface area contributed by atoms with Gasteiger partial charge in [0.25, 0.3) is 0 Å². The molecule has 2 nitrogen and oxygen atoms in total. The van der Waals surface area contributed by atoms with E-state index in [1.54, 1.807) is 0 Å². The molecule has 2 heterocycles. The number of fused-ring (bicyclic) bond motifs is 3. The first-order chi connectivity index (χ1) is 10.2. The maximum Gasteiger partial charge on any atom is 0.219 e. The van der Waals surface area contributed by atoms with Crippen LogP contribution in [-0.4, -0.2) is 11.1 Å². The number of rotatable bonds is 1. The number of halogens is 2. The van der Waals surface area contributed by atoms with E-state index >= 15 is 0 Å². The molecular weight excluding hydrogens is 305 g/mol. The number of hydrogen-bond acceptors (Lipinski definition) is 2. The highest BCUT2D eigenvalue weighted by Crippen LogP contribution is 2.69. The van der Waals surface area contributed by atoms with E-state index in [1.165, 1.54) is 0 Å². The average molecular weight is 320 g/mol. The summed E-state index contributed by atoms with van der Waals surface area (Å²) in [6.45, 7) is 0.684. The van der Waals surface area contributed by atoms with E-state index in [0.717, 1.165) is 29.8 Å². The van der Waals surface area contributed by atoms with E-state index in [9.17, 15) is 0 Å². The Kier molecular flexibility index (Phi) is 2.88. The van der Waals surface area contributed by atoms with Crippen LogP contribution in [0.4, 0.5) is 5.69 Å². The Labute approximate surface area is 134 Å². The van der Waals surface area contributed by atoms with Crippen molar-refractivity contribution >= 4 is 28.9 Å². The molecule has 0 saturated carbocycles. The molecule has 0 amide bonds. The minimum absolute atomic E-state index is 0.364. The summed E-state index contributed by atoms with van der Waals surface area (Å²) in [5.74, 6) is 0.848. The number of anilines is 1. The van der Waals surface area contributed by atoms with Gasteiger partial charge in [0.15, 0.2) is 0 Å². The second-order valence-corrected chi connectivity index (χ2v) is 6.81. The maximum absolute atomic E-state index is 6.71. The minimum Gasteiger partial charge on any atom is -0.491 e. The Morgan fingerprint density at radius 2 is 1.67 bits per heavy atom.